The van der Waals surface area contributed by atoms with Crippen molar-refractivity contribution in [3.05, 3.63) is 150 Å². The normalized spacial score (nSPS) is 11.6. The van der Waals surface area contributed by atoms with Gasteiger partial charge in [-0.1, -0.05) is 103 Å². The van der Waals surface area contributed by atoms with E-state index in [0.717, 1.165) is 38.6 Å². The Bertz CT molecular complexity index is 2280. The van der Waals surface area contributed by atoms with Crippen LogP contribution in [-0.4, -0.2) is 4.57 Å². The van der Waals surface area contributed by atoms with Crippen molar-refractivity contribution >= 4 is 43.5 Å². The molecule has 0 N–H and O–H groups in total. The summed E-state index contributed by atoms with van der Waals surface area (Å²) in [6, 6.07) is 47.8. The summed E-state index contributed by atoms with van der Waals surface area (Å²) in [5, 5.41) is 4.76. The van der Waals surface area contributed by atoms with Gasteiger partial charge in [-0.3, -0.25) is 0 Å². The van der Waals surface area contributed by atoms with Crippen molar-refractivity contribution in [3.8, 4) is 27.9 Å². The van der Waals surface area contributed by atoms with Crippen molar-refractivity contribution in [1.29, 1.82) is 0 Å². The molecular formula is C37H23NO2. The van der Waals surface area contributed by atoms with Crippen LogP contribution in [0.1, 0.15) is 0 Å². The second-order valence-corrected chi connectivity index (χ2v) is 10.1. The molecule has 0 atom stereocenters. The Morgan fingerprint density at radius 1 is 0.475 bits per heavy atom. The largest absolute Gasteiger partial charge is 0.422 e. The average Bonchev–Trinajstić information content (AvgIpc) is 3.35. The molecule has 0 bridgehead atoms. The minimum absolute atomic E-state index is 0.332. The first kappa shape index (κ1) is 22.6. The van der Waals surface area contributed by atoms with Gasteiger partial charge in [0.25, 0.3) is 0 Å². The van der Waals surface area contributed by atoms with Gasteiger partial charge in [0, 0.05) is 27.2 Å². The van der Waals surface area contributed by atoms with Gasteiger partial charge in [-0.15, -0.1) is 0 Å². The lowest BCUT2D eigenvalue weighted by atomic mass is 9.97. The lowest BCUT2D eigenvalue weighted by molar-refractivity contribution is 0.570. The number of para-hydroxylation sites is 1. The molecule has 0 aliphatic carbocycles. The fraction of sp³-hybridized carbons (Fsp3) is 0. The predicted molar refractivity (Wildman–Crippen MR) is 165 cm³/mol. The van der Waals surface area contributed by atoms with E-state index in [2.05, 4.69) is 102 Å². The zero-order valence-corrected chi connectivity index (χ0v) is 21.5. The van der Waals surface area contributed by atoms with E-state index in [9.17, 15) is 4.79 Å². The molecule has 0 saturated carbocycles. The van der Waals surface area contributed by atoms with Crippen LogP contribution >= 0.6 is 0 Å². The molecule has 8 aromatic rings. The molecule has 0 unspecified atom stereocenters. The third-order valence-corrected chi connectivity index (χ3v) is 7.84. The highest BCUT2D eigenvalue weighted by Crippen LogP contribution is 2.37. The minimum Gasteiger partial charge on any atom is -0.422 e. The summed E-state index contributed by atoms with van der Waals surface area (Å²) in [5.41, 5.74) is 7.87. The van der Waals surface area contributed by atoms with Crippen LogP contribution in [0.2, 0.25) is 0 Å². The van der Waals surface area contributed by atoms with Gasteiger partial charge in [-0.25, -0.2) is 4.79 Å². The van der Waals surface area contributed by atoms with Gasteiger partial charge in [0.1, 0.15) is 5.58 Å². The topological polar surface area (TPSA) is 35.1 Å². The minimum atomic E-state index is -0.332. The Hall–Kier alpha value is -5.41. The van der Waals surface area contributed by atoms with E-state index < -0.39 is 0 Å². The molecule has 0 radical (unpaired) electrons. The third-order valence-electron chi connectivity index (χ3n) is 7.84. The van der Waals surface area contributed by atoms with Crippen LogP contribution in [0.5, 0.6) is 0 Å². The van der Waals surface area contributed by atoms with Gasteiger partial charge in [0.05, 0.1) is 16.4 Å². The van der Waals surface area contributed by atoms with Gasteiger partial charge >= 0.3 is 5.63 Å². The molecule has 0 saturated heterocycles. The highest BCUT2D eigenvalue weighted by atomic mass is 16.4. The number of rotatable bonds is 3. The van der Waals surface area contributed by atoms with E-state index in [-0.39, 0.29) is 5.63 Å². The highest BCUT2D eigenvalue weighted by Gasteiger charge is 2.17. The summed E-state index contributed by atoms with van der Waals surface area (Å²) in [6.45, 7) is 0. The Morgan fingerprint density at radius 3 is 2.02 bits per heavy atom. The molecule has 40 heavy (non-hydrogen) atoms. The Balaban J connectivity index is 1.40. The van der Waals surface area contributed by atoms with Crippen molar-refractivity contribution < 1.29 is 4.42 Å². The fourth-order valence-electron chi connectivity index (χ4n) is 6.03. The number of hydrogen-bond acceptors (Lipinski definition) is 2. The molecule has 8 rings (SSSR count). The van der Waals surface area contributed by atoms with Crippen LogP contribution < -0.4 is 5.63 Å². The van der Waals surface area contributed by atoms with E-state index in [1.807, 2.05) is 42.5 Å². The van der Waals surface area contributed by atoms with Crippen molar-refractivity contribution in [2.75, 3.05) is 0 Å². The molecule has 0 fully saturated rings. The number of fused-ring (bicyclic) bond motifs is 6. The molecule has 3 nitrogen and oxygen atoms in total. The molecule has 0 aliphatic heterocycles. The Morgan fingerprint density at radius 2 is 1.20 bits per heavy atom. The van der Waals surface area contributed by atoms with E-state index in [1.165, 1.54) is 21.9 Å². The molecule has 188 valence electrons. The summed E-state index contributed by atoms with van der Waals surface area (Å²) in [4.78, 5) is 13.3. The first-order valence-corrected chi connectivity index (χ1v) is 13.4. The number of hydrogen-bond donors (Lipinski definition) is 0. The second-order valence-electron chi connectivity index (χ2n) is 10.1. The molecule has 0 amide bonds. The molecule has 6 aromatic carbocycles. The summed E-state index contributed by atoms with van der Waals surface area (Å²) in [7, 11) is 0. The maximum absolute atomic E-state index is 13.3. The summed E-state index contributed by atoms with van der Waals surface area (Å²) in [6.07, 6.45) is 0. The predicted octanol–water partition coefficient (Wildman–Crippen LogP) is 9.38. The quantitative estimate of drug-likeness (QED) is 0.174. The van der Waals surface area contributed by atoms with Gasteiger partial charge in [-0.05, 0) is 58.7 Å². The lowest BCUT2D eigenvalue weighted by Crippen LogP contribution is -2.02. The SMILES string of the molecule is O=c1oc2cccc(-c3ccccc3)c2c2ccc(-n3c4ccccc4c4cc(-c5ccccc5)ccc43)cc12. The smallest absolute Gasteiger partial charge is 0.344 e. The van der Waals surface area contributed by atoms with E-state index in [4.69, 9.17) is 4.42 Å². The first-order valence-electron chi connectivity index (χ1n) is 13.4. The number of benzene rings is 6. The summed E-state index contributed by atoms with van der Waals surface area (Å²) >= 11 is 0. The van der Waals surface area contributed by atoms with Gasteiger partial charge in [0.15, 0.2) is 0 Å². The molecular weight excluding hydrogens is 490 g/mol. The molecule has 0 aliphatic rings. The zero-order chi connectivity index (χ0) is 26.6. The van der Waals surface area contributed by atoms with Crippen molar-refractivity contribution in [2.24, 2.45) is 0 Å². The van der Waals surface area contributed by atoms with Crippen molar-refractivity contribution in [3.63, 3.8) is 0 Å². The summed E-state index contributed by atoms with van der Waals surface area (Å²) in [5.74, 6) is 0. The van der Waals surface area contributed by atoms with Gasteiger partial charge in [-0.2, -0.15) is 0 Å². The second kappa shape index (κ2) is 8.82. The number of aromatic nitrogens is 1. The maximum Gasteiger partial charge on any atom is 0.344 e. The fourth-order valence-corrected chi connectivity index (χ4v) is 6.03. The van der Waals surface area contributed by atoms with E-state index in [1.54, 1.807) is 0 Å². The maximum atomic E-state index is 13.3. The molecule has 0 spiro atoms. The van der Waals surface area contributed by atoms with Crippen molar-refractivity contribution in [2.45, 2.75) is 0 Å². The summed E-state index contributed by atoms with van der Waals surface area (Å²) < 4.78 is 8.13. The van der Waals surface area contributed by atoms with Crippen molar-refractivity contribution in [1.82, 2.24) is 4.57 Å². The zero-order valence-electron chi connectivity index (χ0n) is 21.5. The Labute approximate surface area is 230 Å². The molecule has 3 heteroatoms. The standard InChI is InChI=1S/C37H23NO2/c39-37-32-23-27(19-20-30(32)36-28(15-9-17-35(36)40-37)25-12-5-2-6-13-25)38-33-16-8-7-14-29(33)31-22-26(18-21-34(31)38)24-10-3-1-4-11-24/h1-23H. The molecule has 2 heterocycles. The van der Waals surface area contributed by atoms with Gasteiger partial charge < -0.3 is 8.98 Å². The van der Waals surface area contributed by atoms with Crippen LogP contribution in [-0.2, 0) is 0 Å². The highest BCUT2D eigenvalue weighted by molar-refractivity contribution is 6.13. The van der Waals surface area contributed by atoms with Crippen LogP contribution in [0.3, 0.4) is 0 Å². The third kappa shape index (κ3) is 3.41. The average molecular weight is 514 g/mol. The van der Waals surface area contributed by atoms with Crippen LogP contribution in [0.15, 0.2) is 149 Å². The first-order chi connectivity index (χ1) is 19.8. The van der Waals surface area contributed by atoms with E-state index >= 15 is 0 Å². The lowest BCUT2D eigenvalue weighted by Gasteiger charge is -2.12. The van der Waals surface area contributed by atoms with Crippen LogP contribution in [0.4, 0.5) is 0 Å². The van der Waals surface area contributed by atoms with E-state index in [0.29, 0.717) is 11.0 Å². The van der Waals surface area contributed by atoms with Crippen LogP contribution in [0.25, 0.3) is 71.5 Å². The molecule has 2 aromatic heterocycles. The number of nitrogens with zero attached hydrogens (tertiary/aromatic N) is 1. The Kier molecular flexibility index (Phi) is 4.98. The van der Waals surface area contributed by atoms with Gasteiger partial charge in [0.2, 0.25) is 0 Å². The van der Waals surface area contributed by atoms with Crippen LogP contribution in [0, 0.1) is 0 Å². The monoisotopic (exact) mass is 513 g/mol.